The topological polar surface area (TPSA) is 81.0 Å². The molecule has 0 radical (unpaired) electrons. The Morgan fingerprint density at radius 2 is 2.24 bits per heavy atom. The van der Waals surface area contributed by atoms with E-state index in [1.54, 1.807) is 12.1 Å². The monoisotopic (exact) mass is 308 g/mol. The van der Waals surface area contributed by atoms with Crippen LogP contribution in [0.15, 0.2) is 40.5 Å². The predicted molar refractivity (Wildman–Crippen MR) is 78.0 cm³/mol. The van der Waals surface area contributed by atoms with Gasteiger partial charge in [-0.25, -0.2) is 14.4 Å². The van der Waals surface area contributed by atoms with Gasteiger partial charge in [0.2, 0.25) is 5.82 Å². The number of anilines is 1. The molecule has 2 aromatic rings. The molecule has 2 rings (SSSR count). The van der Waals surface area contributed by atoms with Gasteiger partial charge in [-0.3, -0.25) is 10.1 Å². The first-order valence-corrected chi connectivity index (χ1v) is 7.10. The van der Waals surface area contributed by atoms with Crippen LogP contribution in [0, 0.1) is 15.9 Å². The summed E-state index contributed by atoms with van der Waals surface area (Å²) in [4.78, 5) is 19.1. The van der Waals surface area contributed by atoms with Crippen molar-refractivity contribution in [2.75, 3.05) is 11.9 Å². The van der Waals surface area contributed by atoms with Gasteiger partial charge in [0.25, 0.3) is 0 Å². The molecular weight excluding hydrogens is 295 g/mol. The Bertz CT molecular complexity index is 654. The van der Waals surface area contributed by atoms with Crippen LogP contribution in [-0.4, -0.2) is 21.4 Å². The molecule has 8 heteroatoms. The Balaban J connectivity index is 2.36. The van der Waals surface area contributed by atoms with Crippen molar-refractivity contribution < 1.29 is 9.31 Å². The van der Waals surface area contributed by atoms with Gasteiger partial charge < -0.3 is 5.32 Å². The summed E-state index contributed by atoms with van der Waals surface area (Å²) in [7, 11) is 0. The van der Waals surface area contributed by atoms with Crippen molar-refractivity contribution >= 4 is 23.3 Å². The molecule has 0 bridgehead atoms. The Kier molecular flexibility index (Phi) is 5.04. The SMILES string of the molecule is CCCNc1ncnc(Sc2cccc(F)c2)c1[N+](=O)[O-]. The standard InChI is InChI=1S/C13H13FN4O2S/c1-2-6-15-12-11(18(19)20)13(17-8-16-12)21-10-5-3-4-9(14)7-10/h3-5,7-8H,2,6H2,1H3,(H,15,16,17). The molecule has 0 aliphatic heterocycles. The molecule has 6 nitrogen and oxygen atoms in total. The van der Waals surface area contributed by atoms with Crippen LogP contribution in [0.2, 0.25) is 0 Å². The van der Waals surface area contributed by atoms with E-state index in [1.165, 1.54) is 18.5 Å². The van der Waals surface area contributed by atoms with Crippen LogP contribution in [0.4, 0.5) is 15.9 Å². The molecule has 21 heavy (non-hydrogen) atoms. The van der Waals surface area contributed by atoms with Crippen LogP contribution < -0.4 is 5.32 Å². The summed E-state index contributed by atoms with van der Waals surface area (Å²) in [5.74, 6) is -0.225. The van der Waals surface area contributed by atoms with Crippen LogP contribution >= 0.6 is 11.8 Å². The maximum Gasteiger partial charge on any atom is 0.343 e. The van der Waals surface area contributed by atoms with Gasteiger partial charge in [-0.1, -0.05) is 24.8 Å². The van der Waals surface area contributed by atoms with Crippen molar-refractivity contribution in [2.45, 2.75) is 23.3 Å². The van der Waals surface area contributed by atoms with E-state index in [2.05, 4.69) is 15.3 Å². The van der Waals surface area contributed by atoms with Gasteiger partial charge in [-0.15, -0.1) is 0 Å². The van der Waals surface area contributed by atoms with Crippen molar-refractivity contribution in [1.29, 1.82) is 0 Å². The van der Waals surface area contributed by atoms with E-state index in [0.29, 0.717) is 11.4 Å². The number of nitrogens with zero attached hydrogens (tertiary/aromatic N) is 3. The molecule has 110 valence electrons. The zero-order valence-electron chi connectivity index (χ0n) is 11.2. The largest absolute Gasteiger partial charge is 0.364 e. The second kappa shape index (κ2) is 6.98. The van der Waals surface area contributed by atoms with Crippen LogP contribution in [0.1, 0.15) is 13.3 Å². The third kappa shape index (κ3) is 3.88. The van der Waals surface area contributed by atoms with Crippen molar-refractivity contribution in [3.05, 3.63) is 46.5 Å². The minimum Gasteiger partial charge on any atom is -0.364 e. The van der Waals surface area contributed by atoms with E-state index in [0.717, 1.165) is 18.2 Å². The normalized spacial score (nSPS) is 10.4. The van der Waals surface area contributed by atoms with E-state index < -0.39 is 10.7 Å². The molecule has 0 atom stereocenters. The summed E-state index contributed by atoms with van der Waals surface area (Å²) in [6, 6.07) is 5.82. The first-order chi connectivity index (χ1) is 10.1. The van der Waals surface area contributed by atoms with Crippen LogP contribution in [0.3, 0.4) is 0 Å². The third-order valence-electron chi connectivity index (χ3n) is 2.52. The van der Waals surface area contributed by atoms with Gasteiger partial charge in [0, 0.05) is 11.4 Å². The highest BCUT2D eigenvalue weighted by atomic mass is 32.2. The Morgan fingerprint density at radius 1 is 1.43 bits per heavy atom. The summed E-state index contributed by atoms with van der Waals surface area (Å²) in [5.41, 5.74) is -0.194. The maximum absolute atomic E-state index is 13.2. The lowest BCUT2D eigenvalue weighted by Gasteiger charge is -2.07. The summed E-state index contributed by atoms with van der Waals surface area (Å²) in [6.45, 7) is 2.52. The average molecular weight is 308 g/mol. The summed E-state index contributed by atoms with van der Waals surface area (Å²) < 4.78 is 13.2. The molecule has 1 heterocycles. The Labute approximate surface area is 125 Å². The lowest BCUT2D eigenvalue weighted by molar-refractivity contribution is -0.387. The minimum atomic E-state index is -0.528. The lowest BCUT2D eigenvalue weighted by atomic mass is 10.4. The smallest absolute Gasteiger partial charge is 0.343 e. The number of nitrogens with one attached hydrogen (secondary N) is 1. The maximum atomic E-state index is 13.2. The first-order valence-electron chi connectivity index (χ1n) is 6.28. The van der Waals surface area contributed by atoms with Gasteiger partial charge in [0.1, 0.15) is 12.1 Å². The zero-order valence-corrected chi connectivity index (χ0v) is 12.1. The molecule has 0 aliphatic rings. The molecule has 0 saturated heterocycles. The molecule has 0 aliphatic carbocycles. The van der Waals surface area contributed by atoms with Crippen molar-refractivity contribution in [1.82, 2.24) is 9.97 Å². The quantitative estimate of drug-likeness (QED) is 0.500. The van der Waals surface area contributed by atoms with Gasteiger partial charge in [-0.2, -0.15) is 0 Å². The minimum absolute atomic E-state index is 0.177. The fourth-order valence-corrected chi connectivity index (χ4v) is 2.53. The van der Waals surface area contributed by atoms with Crippen LogP contribution in [0.5, 0.6) is 0 Å². The van der Waals surface area contributed by atoms with E-state index in [4.69, 9.17) is 0 Å². The average Bonchev–Trinajstić information content (AvgIpc) is 2.45. The second-order valence-electron chi connectivity index (χ2n) is 4.12. The van der Waals surface area contributed by atoms with Gasteiger partial charge in [0.15, 0.2) is 5.03 Å². The molecule has 0 amide bonds. The third-order valence-corrected chi connectivity index (χ3v) is 3.51. The van der Waals surface area contributed by atoms with E-state index in [1.807, 2.05) is 6.92 Å². The van der Waals surface area contributed by atoms with Crippen LogP contribution in [-0.2, 0) is 0 Å². The predicted octanol–water partition coefficient (Wildman–Crippen LogP) is 3.50. The highest BCUT2D eigenvalue weighted by Gasteiger charge is 2.23. The van der Waals surface area contributed by atoms with Crippen molar-refractivity contribution in [3.8, 4) is 0 Å². The highest BCUT2D eigenvalue weighted by molar-refractivity contribution is 7.99. The van der Waals surface area contributed by atoms with Crippen molar-refractivity contribution in [2.24, 2.45) is 0 Å². The van der Waals surface area contributed by atoms with Gasteiger partial charge in [-0.05, 0) is 24.6 Å². The zero-order chi connectivity index (χ0) is 15.2. The highest BCUT2D eigenvalue weighted by Crippen LogP contribution is 2.36. The number of aromatic nitrogens is 2. The number of rotatable bonds is 6. The molecule has 0 spiro atoms. The molecule has 1 N–H and O–H groups in total. The number of nitro groups is 1. The van der Waals surface area contributed by atoms with Gasteiger partial charge >= 0.3 is 5.69 Å². The van der Waals surface area contributed by atoms with E-state index >= 15 is 0 Å². The molecule has 0 unspecified atom stereocenters. The summed E-state index contributed by atoms with van der Waals surface area (Å²) in [5, 5.41) is 14.3. The van der Waals surface area contributed by atoms with E-state index in [-0.39, 0.29) is 16.5 Å². The van der Waals surface area contributed by atoms with E-state index in [9.17, 15) is 14.5 Å². The summed E-state index contributed by atoms with van der Waals surface area (Å²) >= 11 is 1.03. The fourth-order valence-electron chi connectivity index (χ4n) is 1.62. The van der Waals surface area contributed by atoms with Crippen LogP contribution in [0.25, 0.3) is 0 Å². The molecular formula is C13H13FN4O2S. The number of hydrogen-bond donors (Lipinski definition) is 1. The Morgan fingerprint density at radius 3 is 2.90 bits per heavy atom. The first kappa shape index (κ1) is 15.2. The molecule has 0 saturated carbocycles. The fraction of sp³-hybridized carbons (Fsp3) is 0.231. The molecule has 0 fully saturated rings. The van der Waals surface area contributed by atoms with Gasteiger partial charge in [0.05, 0.1) is 4.92 Å². The molecule has 1 aromatic carbocycles. The lowest BCUT2D eigenvalue weighted by Crippen LogP contribution is -2.07. The number of benzene rings is 1. The second-order valence-corrected chi connectivity index (χ2v) is 5.18. The number of halogens is 1. The Hall–Kier alpha value is -2.22. The summed E-state index contributed by atoms with van der Waals surface area (Å²) in [6.07, 6.45) is 2.07. The number of hydrogen-bond acceptors (Lipinski definition) is 6. The van der Waals surface area contributed by atoms with Crippen molar-refractivity contribution in [3.63, 3.8) is 0 Å². The molecule has 1 aromatic heterocycles.